The van der Waals surface area contributed by atoms with E-state index in [1.807, 2.05) is 30.9 Å². The Kier molecular flexibility index (Phi) is 3.79. The summed E-state index contributed by atoms with van der Waals surface area (Å²) in [7, 11) is 0. The molecule has 0 saturated carbocycles. The number of hydrogen-bond donors (Lipinski definition) is 0. The molecular weight excluding hydrogens is 310 g/mol. The number of halogens is 1. The molecule has 0 bridgehead atoms. The van der Waals surface area contributed by atoms with Gasteiger partial charge in [0.1, 0.15) is 0 Å². The topological polar surface area (TPSA) is 20.3 Å². The Labute approximate surface area is 121 Å². The van der Waals surface area contributed by atoms with Gasteiger partial charge in [0.25, 0.3) is 0 Å². The number of fused-ring (bicyclic) bond motifs is 1. The van der Waals surface area contributed by atoms with Gasteiger partial charge in [-0.2, -0.15) is 0 Å². The third-order valence-electron chi connectivity index (χ3n) is 2.88. The SMILES string of the molecule is CC(C)CN1C(=O)C(C)(C)Sc2ccc(Br)cc21. The molecule has 4 heteroatoms. The van der Waals surface area contributed by atoms with Crippen LogP contribution < -0.4 is 4.90 Å². The van der Waals surface area contributed by atoms with Crippen LogP contribution in [0.4, 0.5) is 5.69 Å². The standard InChI is InChI=1S/C14H18BrNOS/c1-9(2)8-16-11-7-10(15)5-6-12(11)18-14(3,4)13(16)17/h5-7,9H,8H2,1-4H3. The molecule has 0 N–H and O–H groups in total. The number of amides is 1. The third-order valence-corrected chi connectivity index (χ3v) is 4.63. The van der Waals surface area contributed by atoms with E-state index in [9.17, 15) is 4.79 Å². The highest BCUT2D eigenvalue weighted by atomic mass is 79.9. The fourth-order valence-corrected chi connectivity index (χ4v) is 3.59. The molecule has 0 spiro atoms. The van der Waals surface area contributed by atoms with Crippen LogP contribution in [0.2, 0.25) is 0 Å². The van der Waals surface area contributed by atoms with Crippen LogP contribution in [0.1, 0.15) is 27.7 Å². The zero-order chi connectivity index (χ0) is 13.5. The van der Waals surface area contributed by atoms with Crippen LogP contribution in [0.25, 0.3) is 0 Å². The van der Waals surface area contributed by atoms with E-state index in [0.29, 0.717) is 5.92 Å². The first-order chi connectivity index (χ1) is 8.31. The molecule has 0 fully saturated rings. The van der Waals surface area contributed by atoms with Crippen LogP contribution >= 0.6 is 27.7 Å². The third kappa shape index (κ3) is 2.59. The van der Waals surface area contributed by atoms with Gasteiger partial charge in [-0.05, 0) is 38.0 Å². The maximum Gasteiger partial charge on any atom is 0.243 e. The fourth-order valence-electron chi connectivity index (χ4n) is 2.09. The van der Waals surface area contributed by atoms with Crippen LogP contribution in [0, 0.1) is 5.92 Å². The first kappa shape index (κ1) is 13.9. The molecule has 0 aliphatic carbocycles. The van der Waals surface area contributed by atoms with Gasteiger partial charge in [0, 0.05) is 15.9 Å². The summed E-state index contributed by atoms with van der Waals surface area (Å²) in [5.74, 6) is 0.659. The first-order valence-electron chi connectivity index (χ1n) is 6.12. The van der Waals surface area contributed by atoms with Crippen molar-refractivity contribution >= 4 is 39.3 Å². The number of carbonyl (C=O) groups is 1. The zero-order valence-electron chi connectivity index (χ0n) is 11.2. The van der Waals surface area contributed by atoms with Gasteiger partial charge in [-0.25, -0.2) is 0 Å². The largest absolute Gasteiger partial charge is 0.310 e. The molecular formula is C14H18BrNOS. The highest BCUT2D eigenvalue weighted by Gasteiger charge is 2.39. The molecule has 1 heterocycles. The Morgan fingerprint density at radius 1 is 1.39 bits per heavy atom. The van der Waals surface area contributed by atoms with Crippen LogP contribution in [-0.4, -0.2) is 17.2 Å². The van der Waals surface area contributed by atoms with Crippen molar-refractivity contribution in [3.63, 3.8) is 0 Å². The highest BCUT2D eigenvalue weighted by Crippen LogP contribution is 2.46. The van der Waals surface area contributed by atoms with Gasteiger partial charge in [0.2, 0.25) is 5.91 Å². The lowest BCUT2D eigenvalue weighted by molar-refractivity contribution is -0.120. The number of thioether (sulfide) groups is 1. The summed E-state index contributed by atoms with van der Waals surface area (Å²) in [6, 6.07) is 6.16. The number of anilines is 1. The molecule has 98 valence electrons. The molecule has 1 aromatic rings. The minimum Gasteiger partial charge on any atom is -0.310 e. The second-order valence-electron chi connectivity index (χ2n) is 5.53. The Morgan fingerprint density at radius 3 is 2.67 bits per heavy atom. The molecule has 0 saturated heterocycles. The Bertz CT molecular complexity index is 485. The van der Waals surface area contributed by atoms with E-state index in [-0.39, 0.29) is 10.7 Å². The van der Waals surface area contributed by atoms with Crippen LogP contribution in [0.15, 0.2) is 27.6 Å². The van der Waals surface area contributed by atoms with E-state index in [0.717, 1.165) is 16.7 Å². The van der Waals surface area contributed by atoms with Crippen LogP contribution in [0.3, 0.4) is 0 Å². The smallest absolute Gasteiger partial charge is 0.243 e. The van der Waals surface area contributed by atoms with E-state index < -0.39 is 0 Å². The van der Waals surface area contributed by atoms with Gasteiger partial charge < -0.3 is 4.90 Å². The molecule has 0 unspecified atom stereocenters. The Morgan fingerprint density at radius 2 is 2.06 bits per heavy atom. The van der Waals surface area contributed by atoms with Crippen molar-refractivity contribution in [2.45, 2.75) is 37.3 Å². The second kappa shape index (κ2) is 4.89. The van der Waals surface area contributed by atoms with E-state index in [2.05, 4.69) is 35.8 Å². The summed E-state index contributed by atoms with van der Waals surface area (Å²) in [5.41, 5.74) is 1.03. The van der Waals surface area contributed by atoms with Crippen molar-refractivity contribution in [2.75, 3.05) is 11.4 Å². The lowest BCUT2D eigenvalue weighted by atomic mass is 10.1. The maximum atomic E-state index is 12.5. The molecule has 0 aromatic heterocycles. The Hall–Kier alpha value is -0.480. The van der Waals surface area contributed by atoms with Crippen molar-refractivity contribution in [3.05, 3.63) is 22.7 Å². The first-order valence-corrected chi connectivity index (χ1v) is 7.73. The van der Waals surface area contributed by atoms with E-state index >= 15 is 0 Å². The predicted molar refractivity (Wildman–Crippen MR) is 81.3 cm³/mol. The number of rotatable bonds is 2. The fraction of sp³-hybridized carbons (Fsp3) is 0.500. The molecule has 0 atom stereocenters. The van der Waals surface area contributed by atoms with Gasteiger partial charge in [-0.1, -0.05) is 29.8 Å². The number of hydrogen-bond acceptors (Lipinski definition) is 2. The normalized spacial score (nSPS) is 18.1. The van der Waals surface area contributed by atoms with Crippen molar-refractivity contribution in [3.8, 4) is 0 Å². The van der Waals surface area contributed by atoms with Gasteiger partial charge in [0.15, 0.2) is 0 Å². The van der Waals surface area contributed by atoms with Crippen LogP contribution in [0.5, 0.6) is 0 Å². The van der Waals surface area contributed by atoms with E-state index in [1.165, 1.54) is 4.90 Å². The summed E-state index contributed by atoms with van der Waals surface area (Å²) in [5, 5.41) is 0. The summed E-state index contributed by atoms with van der Waals surface area (Å²) in [6.07, 6.45) is 0. The van der Waals surface area contributed by atoms with E-state index in [4.69, 9.17) is 0 Å². The Balaban J connectivity index is 2.49. The summed E-state index contributed by atoms with van der Waals surface area (Å²) in [6.45, 7) is 9.04. The van der Waals surface area contributed by atoms with Crippen molar-refractivity contribution < 1.29 is 4.79 Å². The van der Waals surface area contributed by atoms with Gasteiger partial charge in [-0.15, -0.1) is 11.8 Å². The average Bonchev–Trinajstić information content (AvgIpc) is 2.25. The molecule has 0 radical (unpaired) electrons. The van der Waals surface area contributed by atoms with Crippen molar-refractivity contribution in [1.29, 1.82) is 0 Å². The quantitative estimate of drug-likeness (QED) is 0.806. The van der Waals surface area contributed by atoms with Gasteiger partial charge >= 0.3 is 0 Å². The van der Waals surface area contributed by atoms with Crippen molar-refractivity contribution in [2.24, 2.45) is 5.92 Å². The highest BCUT2D eigenvalue weighted by molar-refractivity contribution is 9.10. The average molecular weight is 328 g/mol. The minimum atomic E-state index is -0.379. The predicted octanol–water partition coefficient (Wildman–Crippen LogP) is 4.32. The van der Waals surface area contributed by atoms with Gasteiger partial charge in [-0.3, -0.25) is 4.79 Å². The number of carbonyl (C=O) groups excluding carboxylic acids is 1. The van der Waals surface area contributed by atoms with Crippen LogP contribution in [-0.2, 0) is 4.79 Å². The molecule has 18 heavy (non-hydrogen) atoms. The summed E-state index contributed by atoms with van der Waals surface area (Å²) in [4.78, 5) is 15.7. The zero-order valence-corrected chi connectivity index (χ0v) is 13.6. The molecule has 2 nitrogen and oxygen atoms in total. The molecule has 1 amide bonds. The van der Waals surface area contributed by atoms with Crippen molar-refractivity contribution in [1.82, 2.24) is 0 Å². The maximum absolute atomic E-state index is 12.5. The minimum absolute atomic E-state index is 0.201. The monoisotopic (exact) mass is 327 g/mol. The molecule has 1 aliphatic heterocycles. The number of nitrogens with zero attached hydrogens (tertiary/aromatic N) is 1. The second-order valence-corrected chi connectivity index (χ2v) is 8.11. The molecule has 1 aliphatic rings. The lowest BCUT2D eigenvalue weighted by Crippen LogP contribution is -2.47. The summed E-state index contributed by atoms with van der Waals surface area (Å²) >= 11 is 5.14. The van der Waals surface area contributed by atoms with Gasteiger partial charge in [0.05, 0.1) is 10.4 Å². The lowest BCUT2D eigenvalue weighted by Gasteiger charge is -2.38. The number of benzene rings is 1. The van der Waals surface area contributed by atoms with E-state index in [1.54, 1.807) is 11.8 Å². The summed E-state index contributed by atoms with van der Waals surface area (Å²) < 4.78 is 0.638. The molecule has 1 aromatic carbocycles. The molecule has 2 rings (SSSR count).